The highest BCUT2D eigenvalue weighted by atomic mass is 19.1. The summed E-state index contributed by atoms with van der Waals surface area (Å²) in [4.78, 5) is 0. The van der Waals surface area contributed by atoms with E-state index < -0.39 is 11.6 Å². The highest BCUT2D eigenvalue weighted by Gasteiger charge is 2.08. The third-order valence-corrected chi connectivity index (χ3v) is 2.82. The van der Waals surface area contributed by atoms with Crippen LogP contribution in [0.2, 0.25) is 0 Å². The molecule has 0 saturated carbocycles. The van der Waals surface area contributed by atoms with Gasteiger partial charge in [0.1, 0.15) is 23.1 Å². The molecule has 0 fully saturated rings. The van der Waals surface area contributed by atoms with E-state index in [4.69, 9.17) is 4.74 Å². The number of nitrogens with one attached hydrogen (secondary N) is 1. The second kappa shape index (κ2) is 6.22. The van der Waals surface area contributed by atoms with Crippen LogP contribution in [0.1, 0.15) is 26.3 Å². The summed E-state index contributed by atoms with van der Waals surface area (Å²) in [6.07, 6.45) is 0. The van der Waals surface area contributed by atoms with Crippen molar-refractivity contribution in [1.82, 2.24) is 5.32 Å². The molecule has 2 rings (SSSR count). The molecule has 0 heterocycles. The van der Waals surface area contributed by atoms with E-state index >= 15 is 0 Å². The largest absolute Gasteiger partial charge is 0.457 e. The maximum atomic E-state index is 13.1. The van der Waals surface area contributed by atoms with Crippen molar-refractivity contribution in [3.8, 4) is 11.5 Å². The average molecular weight is 291 g/mol. The van der Waals surface area contributed by atoms with Gasteiger partial charge in [0.2, 0.25) is 0 Å². The predicted octanol–water partition coefficient (Wildman–Crippen LogP) is 4.65. The van der Waals surface area contributed by atoms with Crippen molar-refractivity contribution < 1.29 is 13.5 Å². The molecule has 2 nitrogen and oxygen atoms in total. The van der Waals surface area contributed by atoms with Crippen molar-refractivity contribution in [2.24, 2.45) is 0 Å². The average Bonchev–Trinajstić information content (AvgIpc) is 2.36. The molecular formula is C17H19F2NO. The van der Waals surface area contributed by atoms with E-state index in [1.807, 2.05) is 12.1 Å². The molecule has 1 N–H and O–H groups in total. The second-order valence-corrected chi connectivity index (χ2v) is 5.95. The van der Waals surface area contributed by atoms with Gasteiger partial charge in [0, 0.05) is 30.3 Å². The molecule has 2 aromatic carbocycles. The molecule has 0 saturated heterocycles. The third-order valence-electron chi connectivity index (χ3n) is 2.82. The quantitative estimate of drug-likeness (QED) is 0.885. The van der Waals surface area contributed by atoms with E-state index in [1.165, 1.54) is 0 Å². The topological polar surface area (TPSA) is 21.3 Å². The van der Waals surface area contributed by atoms with Gasteiger partial charge in [0.25, 0.3) is 0 Å². The zero-order valence-electron chi connectivity index (χ0n) is 12.4. The van der Waals surface area contributed by atoms with Crippen molar-refractivity contribution in [2.75, 3.05) is 0 Å². The van der Waals surface area contributed by atoms with Gasteiger partial charge in [0.15, 0.2) is 0 Å². The van der Waals surface area contributed by atoms with Gasteiger partial charge < -0.3 is 10.1 Å². The fourth-order valence-corrected chi connectivity index (χ4v) is 1.77. The van der Waals surface area contributed by atoms with Crippen LogP contribution in [-0.2, 0) is 6.54 Å². The molecule has 0 aliphatic rings. The Bertz CT molecular complexity index is 583. The van der Waals surface area contributed by atoms with Crippen molar-refractivity contribution in [1.29, 1.82) is 0 Å². The first-order valence-electron chi connectivity index (χ1n) is 6.80. The van der Waals surface area contributed by atoms with E-state index in [0.717, 1.165) is 30.3 Å². The van der Waals surface area contributed by atoms with Crippen molar-refractivity contribution in [3.05, 3.63) is 59.7 Å². The van der Waals surface area contributed by atoms with Gasteiger partial charge >= 0.3 is 0 Å². The Morgan fingerprint density at radius 1 is 0.905 bits per heavy atom. The van der Waals surface area contributed by atoms with Gasteiger partial charge in [-0.05, 0) is 38.5 Å². The zero-order chi connectivity index (χ0) is 15.5. The van der Waals surface area contributed by atoms with Crippen molar-refractivity contribution >= 4 is 0 Å². The van der Waals surface area contributed by atoms with E-state index in [0.29, 0.717) is 5.75 Å². The summed E-state index contributed by atoms with van der Waals surface area (Å²) in [5, 5.41) is 3.38. The summed E-state index contributed by atoms with van der Waals surface area (Å²) < 4.78 is 31.6. The second-order valence-electron chi connectivity index (χ2n) is 5.95. The lowest BCUT2D eigenvalue weighted by Crippen LogP contribution is -2.34. The van der Waals surface area contributed by atoms with E-state index in [2.05, 4.69) is 26.1 Å². The van der Waals surface area contributed by atoms with Gasteiger partial charge in [-0.15, -0.1) is 0 Å². The Kier molecular flexibility index (Phi) is 4.58. The maximum Gasteiger partial charge on any atom is 0.133 e. The van der Waals surface area contributed by atoms with Crippen LogP contribution < -0.4 is 10.1 Å². The molecule has 0 atom stereocenters. The molecule has 112 valence electrons. The number of hydrogen-bond acceptors (Lipinski definition) is 2. The third kappa shape index (κ3) is 5.16. The maximum absolute atomic E-state index is 13.1. The Hall–Kier alpha value is -1.94. The molecule has 0 unspecified atom stereocenters. The van der Waals surface area contributed by atoms with Crippen LogP contribution in [0.3, 0.4) is 0 Å². The lowest BCUT2D eigenvalue weighted by molar-refractivity contribution is 0.424. The molecule has 0 aliphatic carbocycles. The van der Waals surface area contributed by atoms with Crippen LogP contribution in [0.15, 0.2) is 42.5 Å². The molecule has 0 aliphatic heterocycles. The Balaban J connectivity index is 2.02. The number of benzene rings is 2. The SMILES string of the molecule is CC(C)(C)NCc1ccc(Oc2cc(F)cc(F)c2)cc1. The molecule has 0 aromatic heterocycles. The fourth-order valence-electron chi connectivity index (χ4n) is 1.77. The van der Waals surface area contributed by atoms with Gasteiger partial charge in [-0.2, -0.15) is 0 Å². The van der Waals surface area contributed by atoms with Crippen LogP contribution in [0.25, 0.3) is 0 Å². The lowest BCUT2D eigenvalue weighted by atomic mass is 10.1. The van der Waals surface area contributed by atoms with Gasteiger partial charge in [0.05, 0.1) is 0 Å². The smallest absolute Gasteiger partial charge is 0.133 e. The molecule has 0 spiro atoms. The van der Waals surface area contributed by atoms with Crippen molar-refractivity contribution in [3.63, 3.8) is 0 Å². The summed E-state index contributed by atoms with van der Waals surface area (Å²) in [6, 6.07) is 10.5. The van der Waals surface area contributed by atoms with Gasteiger partial charge in [-0.1, -0.05) is 12.1 Å². The summed E-state index contributed by atoms with van der Waals surface area (Å²) in [6.45, 7) is 7.05. The first-order chi connectivity index (χ1) is 9.82. The van der Waals surface area contributed by atoms with Crippen LogP contribution in [0, 0.1) is 11.6 Å². The monoisotopic (exact) mass is 291 g/mol. The van der Waals surface area contributed by atoms with Gasteiger partial charge in [-0.25, -0.2) is 8.78 Å². The van der Waals surface area contributed by atoms with Crippen LogP contribution >= 0.6 is 0 Å². The molecule has 0 amide bonds. The van der Waals surface area contributed by atoms with E-state index in [1.54, 1.807) is 12.1 Å². The summed E-state index contributed by atoms with van der Waals surface area (Å²) in [7, 11) is 0. The normalized spacial score (nSPS) is 11.5. The van der Waals surface area contributed by atoms with Crippen LogP contribution in [-0.4, -0.2) is 5.54 Å². The van der Waals surface area contributed by atoms with Crippen LogP contribution in [0.5, 0.6) is 11.5 Å². The van der Waals surface area contributed by atoms with Crippen molar-refractivity contribution in [2.45, 2.75) is 32.9 Å². The first-order valence-corrected chi connectivity index (χ1v) is 6.80. The summed E-state index contributed by atoms with van der Waals surface area (Å²) in [5.41, 5.74) is 1.16. The first kappa shape index (κ1) is 15.4. The highest BCUT2D eigenvalue weighted by molar-refractivity contribution is 5.33. The standard InChI is InChI=1S/C17H19F2NO/c1-17(2,3)20-11-12-4-6-15(7-5-12)21-16-9-13(18)8-14(19)10-16/h4-10,20H,11H2,1-3H3. The minimum absolute atomic E-state index is 0.0499. The predicted molar refractivity (Wildman–Crippen MR) is 79.5 cm³/mol. The molecule has 2 aromatic rings. The number of ether oxygens (including phenoxy) is 1. The Morgan fingerprint density at radius 3 is 2.00 bits per heavy atom. The molecule has 21 heavy (non-hydrogen) atoms. The Morgan fingerprint density at radius 2 is 1.48 bits per heavy atom. The lowest BCUT2D eigenvalue weighted by Gasteiger charge is -2.20. The minimum Gasteiger partial charge on any atom is -0.457 e. The molecular weight excluding hydrogens is 272 g/mol. The summed E-state index contributed by atoms with van der Waals surface area (Å²) in [5.74, 6) is -0.625. The molecule has 0 bridgehead atoms. The van der Waals surface area contributed by atoms with E-state index in [-0.39, 0.29) is 11.3 Å². The number of hydrogen-bond donors (Lipinski definition) is 1. The summed E-state index contributed by atoms with van der Waals surface area (Å²) >= 11 is 0. The fraction of sp³-hybridized carbons (Fsp3) is 0.294. The van der Waals surface area contributed by atoms with Crippen LogP contribution in [0.4, 0.5) is 8.78 Å². The minimum atomic E-state index is -0.656. The highest BCUT2D eigenvalue weighted by Crippen LogP contribution is 2.23. The zero-order valence-corrected chi connectivity index (χ0v) is 12.4. The molecule has 4 heteroatoms. The number of halogens is 2. The Labute approximate surface area is 123 Å². The van der Waals surface area contributed by atoms with Gasteiger partial charge in [-0.3, -0.25) is 0 Å². The van der Waals surface area contributed by atoms with E-state index in [9.17, 15) is 8.78 Å². The number of rotatable bonds is 4. The molecule has 0 radical (unpaired) electrons.